The number of unbranched alkanes of at least 4 members (excludes halogenated alkanes) is 32. The van der Waals surface area contributed by atoms with Gasteiger partial charge in [0.25, 0.3) is 7.82 Å². The van der Waals surface area contributed by atoms with E-state index in [1.807, 2.05) is 33.3 Å². The number of hydrogen-bond acceptors (Lipinski definition) is 7. The number of hydrogen-bond donors (Lipinski definition) is 1. The van der Waals surface area contributed by atoms with Crippen molar-refractivity contribution in [2.45, 2.75) is 309 Å². The van der Waals surface area contributed by atoms with Gasteiger partial charge in [-0.15, -0.1) is 0 Å². The van der Waals surface area contributed by atoms with Crippen molar-refractivity contribution in [3.05, 3.63) is 85.1 Å². The number of allylic oxidation sites excluding steroid dienone is 13. The molecule has 10 heteroatoms. The molecule has 9 nitrogen and oxygen atoms in total. The van der Waals surface area contributed by atoms with Crippen molar-refractivity contribution in [3.8, 4) is 0 Å². The number of carbonyl (C=O) groups excluding carboxylic acids is 2. The summed E-state index contributed by atoms with van der Waals surface area (Å²) in [4.78, 5) is 40.1. The van der Waals surface area contributed by atoms with Crippen LogP contribution in [0.25, 0.3) is 0 Å². The fourth-order valence-electron chi connectivity index (χ4n) is 9.43. The number of quaternary nitrogens is 1. The molecule has 464 valence electrons. The van der Waals surface area contributed by atoms with Gasteiger partial charge in [0.05, 0.1) is 33.8 Å². The first-order valence-electron chi connectivity index (χ1n) is 33.4. The summed E-state index contributed by atoms with van der Waals surface area (Å²) in [7, 11) is 1.16. The summed E-state index contributed by atoms with van der Waals surface area (Å²) >= 11 is 0. The van der Waals surface area contributed by atoms with Crippen LogP contribution in [-0.2, 0) is 27.9 Å². The third-order valence-electron chi connectivity index (χ3n) is 14.6. The molecule has 0 radical (unpaired) electrons. The van der Waals surface area contributed by atoms with Gasteiger partial charge in [0.1, 0.15) is 19.3 Å². The fraction of sp³-hybridized carbons (Fsp3) is 0.771. The summed E-state index contributed by atoms with van der Waals surface area (Å²) in [6.07, 6.45) is 78.5. The van der Waals surface area contributed by atoms with Crippen LogP contribution in [0.2, 0.25) is 0 Å². The largest absolute Gasteiger partial charge is 0.756 e. The zero-order valence-electron chi connectivity index (χ0n) is 53.0. The Balaban J connectivity index is 5.15. The Labute approximate surface area is 495 Å². The molecule has 0 aliphatic rings. The number of ether oxygens (including phenoxy) is 1. The number of carbonyl (C=O) groups is 2. The van der Waals surface area contributed by atoms with Crippen LogP contribution in [0.1, 0.15) is 297 Å². The van der Waals surface area contributed by atoms with Gasteiger partial charge < -0.3 is 28.5 Å². The fourth-order valence-corrected chi connectivity index (χ4v) is 10.1. The summed E-state index contributed by atoms with van der Waals surface area (Å²) in [6.45, 7) is 6.70. The second-order valence-corrected chi connectivity index (χ2v) is 25.0. The van der Waals surface area contributed by atoms with Gasteiger partial charge in [0, 0.05) is 12.8 Å². The van der Waals surface area contributed by atoms with Gasteiger partial charge in [-0.2, -0.15) is 0 Å². The van der Waals surface area contributed by atoms with Crippen molar-refractivity contribution in [2.75, 3.05) is 40.9 Å². The van der Waals surface area contributed by atoms with Crippen molar-refractivity contribution in [2.24, 2.45) is 0 Å². The number of amides is 1. The zero-order valence-corrected chi connectivity index (χ0v) is 53.9. The first-order valence-corrected chi connectivity index (χ1v) is 34.9. The maximum atomic E-state index is 13.5. The first-order chi connectivity index (χ1) is 38.9. The van der Waals surface area contributed by atoms with Crippen molar-refractivity contribution in [1.82, 2.24) is 5.32 Å². The summed E-state index contributed by atoms with van der Waals surface area (Å²) in [5.41, 5.74) is 0. The zero-order chi connectivity index (χ0) is 58.6. The van der Waals surface area contributed by atoms with Crippen LogP contribution in [0.4, 0.5) is 0 Å². The molecule has 1 amide bonds. The van der Waals surface area contributed by atoms with E-state index in [9.17, 15) is 19.0 Å². The lowest BCUT2D eigenvalue weighted by Crippen LogP contribution is -2.47. The molecule has 3 unspecified atom stereocenters. The van der Waals surface area contributed by atoms with E-state index in [2.05, 4.69) is 99.0 Å². The highest BCUT2D eigenvalue weighted by Gasteiger charge is 2.27. The minimum atomic E-state index is -4.71. The minimum absolute atomic E-state index is 0.0311. The second-order valence-electron chi connectivity index (χ2n) is 23.6. The third kappa shape index (κ3) is 59.8. The van der Waals surface area contributed by atoms with Crippen LogP contribution >= 0.6 is 7.82 Å². The number of nitrogens with zero attached hydrogens (tertiary/aromatic N) is 1. The SMILES string of the molecule is CC/C=C/C/C=C/C/C=C/C/C=C/CCCCCC(=O)NC(COP(=O)([O-])OCC[N+](C)(C)C)C(/C=C\CCCCCCCCCCCCC)OC(=O)CCCCCCCCCCCCCCCCC/C=C\C/C=C\CCCCC. The molecule has 3 atom stereocenters. The van der Waals surface area contributed by atoms with Crippen LogP contribution in [0.5, 0.6) is 0 Å². The molecule has 80 heavy (non-hydrogen) atoms. The van der Waals surface area contributed by atoms with E-state index < -0.39 is 26.6 Å². The van der Waals surface area contributed by atoms with E-state index in [0.29, 0.717) is 17.4 Å². The van der Waals surface area contributed by atoms with Gasteiger partial charge in [-0.1, -0.05) is 267 Å². The van der Waals surface area contributed by atoms with Gasteiger partial charge in [0.15, 0.2) is 0 Å². The molecule has 0 aliphatic carbocycles. The molecule has 0 spiro atoms. The number of likely N-dealkylation sites (N-methyl/N-ethyl adjacent to an activating group) is 1. The summed E-state index contributed by atoms with van der Waals surface area (Å²) in [5, 5.41) is 3.02. The van der Waals surface area contributed by atoms with Crippen molar-refractivity contribution < 1.29 is 37.3 Å². The van der Waals surface area contributed by atoms with Crippen molar-refractivity contribution >= 4 is 19.7 Å². The van der Waals surface area contributed by atoms with E-state index in [0.717, 1.165) is 89.9 Å². The Bertz CT molecular complexity index is 1640. The topological polar surface area (TPSA) is 114 Å². The first kappa shape index (κ1) is 77.2. The predicted octanol–water partition coefficient (Wildman–Crippen LogP) is 20.3. The number of nitrogens with one attached hydrogen (secondary N) is 1. The molecule has 1 N–H and O–H groups in total. The normalized spacial score (nSPS) is 14.1. The van der Waals surface area contributed by atoms with Crippen LogP contribution in [0.15, 0.2) is 85.1 Å². The van der Waals surface area contributed by atoms with Gasteiger partial charge in [-0.05, 0) is 102 Å². The molecular formula is C70H127N2O7P. The van der Waals surface area contributed by atoms with Gasteiger partial charge >= 0.3 is 5.97 Å². The third-order valence-corrected chi connectivity index (χ3v) is 15.5. The summed E-state index contributed by atoms with van der Waals surface area (Å²) < 4.78 is 30.4. The molecule has 0 saturated carbocycles. The number of phosphoric acid groups is 1. The Kier molecular flexibility index (Phi) is 57.3. The van der Waals surface area contributed by atoms with Crippen LogP contribution in [0.3, 0.4) is 0 Å². The van der Waals surface area contributed by atoms with E-state index in [1.165, 1.54) is 167 Å². The Morgan fingerprint density at radius 2 is 0.800 bits per heavy atom. The Morgan fingerprint density at radius 3 is 1.24 bits per heavy atom. The maximum absolute atomic E-state index is 13.5. The monoisotopic (exact) mass is 1140 g/mol. The molecule has 0 aromatic heterocycles. The molecule has 0 fully saturated rings. The minimum Gasteiger partial charge on any atom is -0.756 e. The molecule has 0 aromatic rings. The molecule has 0 saturated heterocycles. The van der Waals surface area contributed by atoms with Gasteiger partial charge in [-0.3, -0.25) is 14.2 Å². The number of esters is 1. The lowest BCUT2D eigenvalue weighted by atomic mass is 10.0. The molecule has 0 bridgehead atoms. The van der Waals surface area contributed by atoms with E-state index >= 15 is 0 Å². The average molecular weight is 1140 g/mol. The van der Waals surface area contributed by atoms with Crippen molar-refractivity contribution in [3.63, 3.8) is 0 Å². The number of phosphoric ester groups is 1. The summed E-state index contributed by atoms with van der Waals surface area (Å²) in [5.74, 6) is -0.573. The molecule has 0 heterocycles. The predicted molar refractivity (Wildman–Crippen MR) is 344 cm³/mol. The molecular weight excluding hydrogens is 1010 g/mol. The Morgan fingerprint density at radius 1 is 0.450 bits per heavy atom. The highest BCUT2D eigenvalue weighted by molar-refractivity contribution is 7.45. The average Bonchev–Trinajstić information content (AvgIpc) is 3.42. The quantitative estimate of drug-likeness (QED) is 0.0212. The van der Waals surface area contributed by atoms with Crippen LogP contribution in [-0.4, -0.2) is 69.4 Å². The smallest absolute Gasteiger partial charge is 0.306 e. The van der Waals surface area contributed by atoms with Gasteiger partial charge in [0.2, 0.25) is 5.91 Å². The number of rotatable bonds is 60. The molecule has 0 aliphatic heterocycles. The van der Waals surface area contributed by atoms with E-state index in [4.69, 9.17) is 13.8 Å². The maximum Gasteiger partial charge on any atom is 0.306 e. The van der Waals surface area contributed by atoms with Crippen LogP contribution in [0, 0.1) is 0 Å². The highest BCUT2D eigenvalue weighted by atomic mass is 31.2. The van der Waals surface area contributed by atoms with Crippen LogP contribution < -0.4 is 10.2 Å². The standard InChI is InChI=1S/C70H127N2O7P/c1-7-10-13-16-19-22-25-28-30-32-33-34-35-36-37-38-39-40-42-45-48-51-54-57-60-63-70(74)79-68(61-58-55-52-49-46-43-27-24-21-18-15-12-9-3)67(66-78-80(75,76)77-65-64-72(4,5)6)71-69(73)62-59-56-53-50-47-44-41-31-29-26-23-20-17-14-11-8-2/h11,14,19-20,22-23,28-31,44,47,58,61,67-68H,7-10,12-13,15-18,21,24-27,32-43,45-46,48-57,59-60,62-66H2,1-6H3,(H-,71,73,75,76)/b14-11+,22-19-,23-20+,30-28-,31-29+,47-44+,61-58-. The lowest BCUT2D eigenvalue weighted by Gasteiger charge is -2.30. The lowest BCUT2D eigenvalue weighted by molar-refractivity contribution is -0.870. The molecule has 0 rings (SSSR count). The van der Waals surface area contributed by atoms with E-state index in [1.54, 1.807) is 0 Å². The Hall–Kier alpha value is -2.81. The molecule has 0 aromatic carbocycles. The van der Waals surface area contributed by atoms with E-state index in [-0.39, 0.29) is 31.3 Å². The van der Waals surface area contributed by atoms with Gasteiger partial charge in [-0.25, -0.2) is 0 Å². The van der Waals surface area contributed by atoms with Crippen molar-refractivity contribution in [1.29, 1.82) is 0 Å². The highest BCUT2D eigenvalue weighted by Crippen LogP contribution is 2.38. The summed E-state index contributed by atoms with van der Waals surface area (Å²) in [6, 6.07) is -0.908. The second kappa shape index (κ2) is 59.4.